The summed E-state index contributed by atoms with van der Waals surface area (Å²) in [4.78, 5) is 12.7. The third kappa shape index (κ3) is 2.39. The molecule has 1 aliphatic carbocycles. The molecule has 2 aromatic rings. The van der Waals surface area contributed by atoms with E-state index in [1.165, 1.54) is 0 Å². The lowest BCUT2D eigenvalue weighted by atomic mass is 10.0. The lowest BCUT2D eigenvalue weighted by molar-refractivity contribution is 0.0958. The fourth-order valence-electron chi connectivity index (χ4n) is 3.01. The molecule has 0 N–H and O–H groups in total. The second kappa shape index (κ2) is 5.70. The second-order valence-corrected chi connectivity index (χ2v) is 6.29. The van der Waals surface area contributed by atoms with Gasteiger partial charge in [0.2, 0.25) is 0 Å². The number of halogens is 2. The third-order valence-electron chi connectivity index (χ3n) is 4.21. The number of Topliss-reactive ketones (excluding diaryl/α,β-unsaturated/α-hetero) is 1. The van der Waals surface area contributed by atoms with Gasteiger partial charge in [0.05, 0.1) is 18.1 Å². The number of carbonyl (C=O) groups excluding carboxylic acids is 1. The van der Waals surface area contributed by atoms with Crippen LogP contribution in [0.4, 0.5) is 0 Å². The van der Waals surface area contributed by atoms with Crippen molar-refractivity contribution in [1.29, 1.82) is 10.5 Å². The van der Waals surface area contributed by atoms with Gasteiger partial charge in [-0.3, -0.25) is 4.79 Å². The van der Waals surface area contributed by atoms with Crippen molar-refractivity contribution in [1.82, 2.24) is 0 Å². The minimum atomic E-state index is -1.38. The Bertz CT molecular complexity index is 851. The highest BCUT2D eigenvalue weighted by atomic mass is 35.5. The summed E-state index contributed by atoms with van der Waals surface area (Å²) < 4.78 is 0. The zero-order chi connectivity index (χ0) is 16.6. The molecule has 3 rings (SSSR count). The molecule has 2 unspecified atom stereocenters. The first-order valence-electron chi connectivity index (χ1n) is 6.92. The van der Waals surface area contributed by atoms with E-state index in [0.29, 0.717) is 21.2 Å². The van der Waals surface area contributed by atoms with Crippen molar-refractivity contribution < 1.29 is 4.79 Å². The maximum absolute atomic E-state index is 12.7. The lowest BCUT2D eigenvalue weighted by Crippen LogP contribution is -2.08. The first kappa shape index (κ1) is 15.6. The summed E-state index contributed by atoms with van der Waals surface area (Å²) in [6, 6.07) is 17.6. The molecular weight excluding hydrogens is 331 g/mol. The Morgan fingerprint density at radius 3 is 2.26 bits per heavy atom. The Morgan fingerprint density at radius 2 is 1.70 bits per heavy atom. The molecule has 0 aliphatic heterocycles. The monoisotopic (exact) mass is 340 g/mol. The molecule has 0 aromatic heterocycles. The molecule has 2 aromatic carbocycles. The molecule has 0 bridgehead atoms. The number of carbonyl (C=O) groups is 1. The minimum absolute atomic E-state index is 0.218. The molecule has 0 saturated heterocycles. The van der Waals surface area contributed by atoms with Gasteiger partial charge in [0, 0.05) is 21.5 Å². The average molecular weight is 341 g/mol. The first-order valence-corrected chi connectivity index (χ1v) is 7.67. The summed E-state index contributed by atoms with van der Waals surface area (Å²) in [5, 5.41) is 19.8. The molecule has 0 radical (unpaired) electrons. The van der Waals surface area contributed by atoms with Crippen LogP contribution in [0.1, 0.15) is 21.8 Å². The van der Waals surface area contributed by atoms with Gasteiger partial charge in [-0.25, -0.2) is 0 Å². The summed E-state index contributed by atoms with van der Waals surface area (Å²) in [7, 11) is 0. The molecule has 2 atom stereocenters. The van der Waals surface area contributed by atoms with Gasteiger partial charge < -0.3 is 0 Å². The number of nitrogens with zero attached hydrogens (tertiary/aromatic N) is 2. The SMILES string of the molecule is N#CC1(C#N)C(C(=O)c2ccccc2)C1c1ccc(Cl)cc1Cl. The van der Waals surface area contributed by atoms with E-state index in [0.717, 1.165) is 0 Å². The predicted molar refractivity (Wildman–Crippen MR) is 87.1 cm³/mol. The first-order chi connectivity index (χ1) is 11.0. The van der Waals surface area contributed by atoms with Crippen molar-refractivity contribution in [2.75, 3.05) is 0 Å². The van der Waals surface area contributed by atoms with E-state index in [2.05, 4.69) is 0 Å². The molecule has 0 spiro atoms. The Morgan fingerprint density at radius 1 is 1.04 bits per heavy atom. The number of hydrogen-bond acceptors (Lipinski definition) is 3. The largest absolute Gasteiger partial charge is 0.294 e. The number of hydrogen-bond donors (Lipinski definition) is 0. The predicted octanol–water partition coefficient (Wildman–Crippen LogP) is 4.62. The average Bonchev–Trinajstić information content (AvgIpc) is 3.24. The van der Waals surface area contributed by atoms with Gasteiger partial charge in [-0.15, -0.1) is 0 Å². The highest BCUT2D eigenvalue weighted by molar-refractivity contribution is 6.35. The van der Waals surface area contributed by atoms with Crippen LogP contribution in [-0.2, 0) is 0 Å². The van der Waals surface area contributed by atoms with E-state index in [1.54, 1.807) is 48.5 Å². The highest BCUT2D eigenvalue weighted by Crippen LogP contribution is 2.66. The Hall–Kier alpha value is -2.33. The van der Waals surface area contributed by atoms with Crippen LogP contribution in [0, 0.1) is 34.0 Å². The molecule has 0 heterocycles. The van der Waals surface area contributed by atoms with E-state index < -0.39 is 17.3 Å². The molecule has 5 heteroatoms. The lowest BCUT2D eigenvalue weighted by Gasteiger charge is -2.04. The van der Waals surface area contributed by atoms with E-state index in [-0.39, 0.29) is 5.78 Å². The maximum Gasteiger partial charge on any atom is 0.169 e. The smallest absolute Gasteiger partial charge is 0.169 e. The van der Waals surface area contributed by atoms with Crippen molar-refractivity contribution in [3.63, 3.8) is 0 Å². The Balaban J connectivity index is 2.05. The summed E-state index contributed by atoms with van der Waals surface area (Å²) >= 11 is 12.1. The van der Waals surface area contributed by atoms with E-state index >= 15 is 0 Å². The Kier molecular flexibility index (Phi) is 3.86. The van der Waals surface area contributed by atoms with Gasteiger partial charge in [0.1, 0.15) is 0 Å². The van der Waals surface area contributed by atoms with Gasteiger partial charge in [-0.1, -0.05) is 59.6 Å². The van der Waals surface area contributed by atoms with Crippen LogP contribution in [-0.4, -0.2) is 5.78 Å². The van der Waals surface area contributed by atoms with Crippen molar-refractivity contribution in [3.05, 3.63) is 69.7 Å². The summed E-state index contributed by atoms with van der Waals surface area (Å²) in [6.45, 7) is 0. The number of benzene rings is 2. The van der Waals surface area contributed by atoms with E-state index in [1.807, 2.05) is 12.1 Å². The molecule has 3 nitrogen and oxygen atoms in total. The van der Waals surface area contributed by atoms with E-state index in [9.17, 15) is 15.3 Å². The summed E-state index contributed by atoms with van der Waals surface area (Å²) in [5.74, 6) is -1.49. The van der Waals surface area contributed by atoms with Gasteiger partial charge in [-0.2, -0.15) is 10.5 Å². The number of ketones is 1. The van der Waals surface area contributed by atoms with Crippen molar-refractivity contribution in [2.45, 2.75) is 5.92 Å². The zero-order valence-electron chi connectivity index (χ0n) is 11.8. The van der Waals surface area contributed by atoms with Gasteiger partial charge in [-0.05, 0) is 17.7 Å². The van der Waals surface area contributed by atoms with Crippen LogP contribution in [0.15, 0.2) is 48.5 Å². The number of rotatable bonds is 3. The Labute approximate surface area is 143 Å². The fraction of sp³-hybridized carbons (Fsp3) is 0.167. The van der Waals surface area contributed by atoms with Crippen LogP contribution in [0.2, 0.25) is 10.0 Å². The quantitative estimate of drug-likeness (QED) is 0.765. The van der Waals surface area contributed by atoms with Crippen LogP contribution in [0.5, 0.6) is 0 Å². The van der Waals surface area contributed by atoms with Crippen molar-refractivity contribution in [2.24, 2.45) is 11.3 Å². The van der Waals surface area contributed by atoms with Gasteiger partial charge in [0.25, 0.3) is 0 Å². The fourth-order valence-corrected chi connectivity index (χ4v) is 3.54. The third-order valence-corrected chi connectivity index (χ3v) is 4.78. The summed E-state index contributed by atoms with van der Waals surface area (Å²) in [5.41, 5.74) is -0.293. The molecule has 0 amide bonds. The van der Waals surface area contributed by atoms with Crippen LogP contribution in [0.3, 0.4) is 0 Å². The standard InChI is InChI=1S/C18H10Cl2N2O/c19-12-6-7-13(14(20)8-12)15-16(18(15,9-21)10-22)17(23)11-4-2-1-3-5-11/h1-8,15-16H. The molecule has 23 heavy (non-hydrogen) atoms. The minimum Gasteiger partial charge on any atom is -0.294 e. The van der Waals surface area contributed by atoms with Gasteiger partial charge >= 0.3 is 0 Å². The van der Waals surface area contributed by atoms with Crippen molar-refractivity contribution >= 4 is 29.0 Å². The molecule has 1 saturated carbocycles. The number of nitriles is 2. The van der Waals surface area contributed by atoms with Crippen LogP contribution in [0.25, 0.3) is 0 Å². The molecule has 112 valence electrons. The molecule has 1 fully saturated rings. The topological polar surface area (TPSA) is 64.7 Å². The highest BCUT2D eigenvalue weighted by Gasteiger charge is 2.71. The van der Waals surface area contributed by atoms with Gasteiger partial charge in [0.15, 0.2) is 11.2 Å². The summed E-state index contributed by atoms with van der Waals surface area (Å²) in [6.07, 6.45) is 0. The van der Waals surface area contributed by atoms with Crippen LogP contribution < -0.4 is 0 Å². The maximum atomic E-state index is 12.7. The normalized spacial score (nSPS) is 21.0. The van der Waals surface area contributed by atoms with Crippen LogP contribution >= 0.6 is 23.2 Å². The molecule has 1 aliphatic rings. The molecular formula is C18H10Cl2N2O. The zero-order valence-corrected chi connectivity index (χ0v) is 13.3. The van der Waals surface area contributed by atoms with E-state index in [4.69, 9.17) is 23.2 Å². The second-order valence-electron chi connectivity index (χ2n) is 5.44. The van der Waals surface area contributed by atoms with Crippen molar-refractivity contribution in [3.8, 4) is 12.1 Å².